The molecule has 6 heteroatoms. The van der Waals surface area contributed by atoms with Gasteiger partial charge in [-0.05, 0) is 18.6 Å². The highest BCUT2D eigenvalue weighted by Gasteiger charge is 2.15. The molecule has 2 amide bonds. The maximum Gasteiger partial charge on any atom is 0.321 e. The third-order valence-electron chi connectivity index (χ3n) is 2.73. The standard InChI is InChI=1S/C13H20N2O4/c1-9-5-4-6-11(19-3)12(9)14-13(18)15(2)7-10(17)8-16/h4-6,10,16-17H,7-8H2,1-3H3,(H,14,18). The molecule has 0 aromatic heterocycles. The summed E-state index contributed by atoms with van der Waals surface area (Å²) in [4.78, 5) is 13.2. The predicted octanol–water partition coefficient (Wildman–Crippen LogP) is 0.821. The molecule has 3 N–H and O–H groups in total. The monoisotopic (exact) mass is 268 g/mol. The first kappa shape index (κ1) is 15.3. The number of hydrogen-bond donors (Lipinski definition) is 3. The van der Waals surface area contributed by atoms with E-state index in [1.54, 1.807) is 13.1 Å². The first-order valence-electron chi connectivity index (χ1n) is 5.94. The van der Waals surface area contributed by atoms with Gasteiger partial charge in [0.1, 0.15) is 5.75 Å². The number of para-hydroxylation sites is 1. The fourth-order valence-corrected chi connectivity index (χ4v) is 1.63. The highest BCUT2D eigenvalue weighted by molar-refractivity contribution is 5.91. The molecule has 19 heavy (non-hydrogen) atoms. The van der Waals surface area contributed by atoms with Crippen LogP contribution in [-0.2, 0) is 0 Å². The van der Waals surface area contributed by atoms with E-state index in [0.717, 1.165) is 5.56 Å². The summed E-state index contributed by atoms with van der Waals surface area (Å²) in [5, 5.41) is 20.8. The van der Waals surface area contributed by atoms with Crippen LogP contribution in [0.4, 0.5) is 10.5 Å². The molecule has 6 nitrogen and oxygen atoms in total. The van der Waals surface area contributed by atoms with Crippen LogP contribution in [0.3, 0.4) is 0 Å². The van der Waals surface area contributed by atoms with Crippen molar-refractivity contribution in [2.24, 2.45) is 0 Å². The number of hydrogen-bond acceptors (Lipinski definition) is 4. The van der Waals surface area contributed by atoms with Gasteiger partial charge in [0, 0.05) is 7.05 Å². The second-order valence-electron chi connectivity index (χ2n) is 4.30. The minimum atomic E-state index is -0.950. The molecule has 0 heterocycles. The van der Waals surface area contributed by atoms with E-state index in [2.05, 4.69) is 5.32 Å². The van der Waals surface area contributed by atoms with Crippen molar-refractivity contribution in [1.29, 1.82) is 0 Å². The van der Waals surface area contributed by atoms with Crippen molar-refractivity contribution < 1.29 is 19.7 Å². The fraction of sp³-hybridized carbons (Fsp3) is 0.462. The number of carbonyl (C=O) groups excluding carboxylic acids is 1. The molecule has 1 unspecified atom stereocenters. The number of carbonyl (C=O) groups is 1. The first-order valence-corrected chi connectivity index (χ1v) is 5.94. The maximum atomic E-state index is 12.0. The Morgan fingerprint density at radius 3 is 2.79 bits per heavy atom. The van der Waals surface area contributed by atoms with Gasteiger partial charge in [0.05, 0.1) is 32.1 Å². The number of methoxy groups -OCH3 is 1. The smallest absolute Gasteiger partial charge is 0.321 e. The van der Waals surface area contributed by atoms with Gasteiger partial charge < -0.3 is 25.2 Å². The zero-order valence-electron chi connectivity index (χ0n) is 11.4. The number of amides is 2. The number of aryl methyl sites for hydroxylation is 1. The van der Waals surface area contributed by atoms with Gasteiger partial charge in [-0.1, -0.05) is 12.1 Å². The number of aliphatic hydroxyl groups is 2. The minimum Gasteiger partial charge on any atom is -0.495 e. The molecule has 1 aromatic rings. The summed E-state index contributed by atoms with van der Waals surface area (Å²) in [5.41, 5.74) is 1.48. The molecule has 0 saturated heterocycles. The van der Waals surface area contributed by atoms with E-state index in [9.17, 15) is 9.90 Å². The van der Waals surface area contributed by atoms with Gasteiger partial charge in [0.25, 0.3) is 0 Å². The lowest BCUT2D eigenvalue weighted by Gasteiger charge is -2.21. The Bertz CT molecular complexity index is 437. The van der Waals surface area contributed by atoms with Crippen LogP contribution in [0.1, 0.15) is 5.56 Å². The van der Waals surface area contributed by atoms with E-state index < -0.39 is 6.10 Å². The summed E-state index contributed by atoms with van der Waals surface area (Å²) in [6, 6.07) is 5.08. The number of rotatable bonds is 5. The van der Waals surface area contributed by atoms with Crippen molar-refractivity contribution in [1.82, 2.24) is 4.90 Å². The third kappa shape index (κ3) is 4.11. The van der Waals surface area contributed by atoms with Crippen LogP contribution in [0, 0.1) is 6.92 Å². The van der Waals surface area contributed by atoms with E-state index in [-0.39, 0.29) is 19.2 Å². The van der Waals surface area contributed by atoms with Crippen LogP contribution < -0.4 is 10.1 Å². The van der Waals surface area contributed by atoms with Crippen molar-refractivity contribution in [2.45, 2.75) is 13.0 Å². The Hall–Kier alpha value is -1.79. The van der Waals surface area contributed by atoms with Crippen molar-refractivity contribution in [3.05, 3.63) is 23.8 Å². The normalized spacial score (nSPS) is 11.8. The number of ether oxygens (including phenoxy) is 1. The Morgan fingerprint density at radius 1 is 1.53 bits per heavy atom. The fourth-order valence-electron chi connectivity index (χ4n) is 1.63. The summed E-state index contributed by atoms with van der Waals surface area (Å²) >= 11 is 0. The number of likely N-dealkylation sites (N-methyl/N-ethyl adjacent to an activating group) is 1. The SMILES string of the molecule is COc1cccc(C)c1NC(=O)N(C)CC(O)CO. The third-order valence-corrected chi connectivity index (χ3v) is 2.73. The highest BCUT2D eigenvalue weighted by atomic mass is 16.5. The molecular weight excluding hydrogens is 248 g/mol. The summed E-state index contributed by atoms with van der Waals surface area (Å²) in [6.07, 6.45) is -0.950. The number of anilines is 1. The molecule has 0 aliphatic rings. The Labute approximate surface area is 112 Å². The molecule has 106 valence electrons. The van der Waals surface area contributed by atoms with Crippen molar-refractivity contribution in [2.75, 3.05) is 32.6 Å². The zero-order chi connectivity index (χ0) is 14.4. The van der Waals surface area contributed by atoms with Gasteiger partial charge in [-0.15, -0.1) is 0 Å². The zero-order valence-corrected chi connectivity index (χ0v) is 11.4. The van der Waals surface area contributed by atoms with Crippen LogP contribution in [0.25, 0.3) is 0 Å². The first-order chi connectivity index (χ1) is 8.99. The van der Waals surface area contributed by atoms with Crippen LogP contribution in [0.2, 0.25) is 0 Å². The molecule has 0 spiro atoms. The molecule has 0 bridgehead atoms. The molecule has 1 aromatic carbocycles. The second kappa shape index (κ2) is 6.96. The number of nitrogens with zero attached hydrogens (tertiary/aromatic N) is 1. The number of nitrogens with one attached hydrogen (secondary N) is 1. The summed E-state index contributed by atoms with van der Waals surface area (Å²) in [6.45, 7) is 1.53. The second-order valence-corrected chi connectivity index (χ2v) is 4.30. The topological polar surface area (TPSA) is 82.0 Å². The Morgan fingerprint density at radius 2 is 2.21 bits per heavy atom. The van der Waals surface area contributed by atoms with Crippen molar-refractivity contribution in [3.8, 4) is 5.75 Å². The summed E-state index contributed by atoms with van der Waals surface area (Å²) in [5.74, 6) is 0.574. The van der Waals surface area contributed by atoms with Gasteiger partial charge in [0.2, 0.25) is 0 Å². The Balaban J connectivity index is 2.76. The van der Waals surface area contributed by atoms with Gasteiger partial charge >= 0.3 is 6.03 Å². The lowest BCUT2D eigenvalue weighted by molar-refractivity contribution is 0.0750. The van der Waals surface area contributed by atoms with Crippen LogP contribution in [0.15, 0.2) is 18.2 Å². The molecular formula is C13H20N2O4. The van der Waals surface area contributed by atoms with Crippen LogP contribution in [-0.4, -0.2) is 54.6 Å². The molecule has 0 aliphatic carbocycles. The van der Waals surface area contributed by atoms with Crippen LogP contribution in [0.5, 0.6) is 5.75 Å². The number of urea groups is 1. The highest BCUT2D eigenvalue weighted by Crippen LogP contribution is 2.27. The molecule has 1 atom stereocenters. The van der Waals surface area contributed by atoms with E-state index >= 15 is 0 Å². The average Bonchev–Trinajstić information content (AvgIpc) is 2.40. The van der Waals surface area contributed by atoms with E-state index in [1.165, 1.54) is 12.0 Å². The van der Waals surface area contributed by atoms with Gasteiger partial charge in [-0.25, -0.2) is 4.79 Å². The van der Waals surface area contributed by atoms with Crippen molar-refractivity contribution in [3.63, 3.8) is 0 Å². The molecule has 0 fully saturated rings. The maximum absolute atomic E-state index is 12.0. The quantitative estimate of drug-likeness (QED) is 0.738. The average molecular weight is 268 g/mol. The van der Waals surface area contributed by atoms with Gasteiger partial charge in [-0.3, -0.25) is 0 Å². The lowest BCUT2D eigenvalue weighted by atomic mass is 10.2. The molecule has 1 rings (SSSR count). The predicted molar refractivity (Wildman–Crippen MR) is 72.5 cm³/mol. The Kier molecular flexibility index (Phi) is 5.59. The van der Waals surface area contributed by atoms with Gasteiger partial charge in [0.15, 0.2) is 0 Å². The summed E-state index contributed by atoms with van der Waals surface area (Å²) < 4.78 is 5.19. The number of aliphatic hydroxyl groups excluding tert-OH is 2. The van der Waals surface area contributed by atoms with Crippen LogP contribution >= 0.6 is 0 Å². The molecule has 0 saturated carbocycles. The molecule has 0 aliphatic heterocycles. The van der Waals surface area contributed by atoms with E-state index in [4.69, 9.17) is 9.84 Å². The van der Waals surface area contributed by atoms with Gasteiger partial charge in [-0.2, -0.15) is 0 Å². The van der Waals surface area contributed by atoms with E-state index in [1.807, 2.05) is 19.1 Å². The van der Waals surface area contributed by atoms with Crippen molar-refractivity contribution >= 4 is 11.7 Å². The molecule has 0 radical (unpaired) electrons. The minimum absolute atomic E-state index is 0.0521. The largest absolute Gasteiger partial charge is 0.495 e. The number of benzene rings is 1. The summed E-state index contributed by atoms with van der Waals surface area (Å²) in [7, 11) is 3.07. The van der Waals surface area contributed by atoms with E-state index in [0.29, 0.717) is 11.4 Å². The lowest BCUT2D eigenvalue weighted by Crippen LogP contribution is -2.38.